The Morgan fingerprint density at radius 2 is 2.06 bits per heavy atom. The summed E-state index contributed by atoms with van der Waals surface area (Å²) in [7, 11) is 3.19. The molecule has 0 bridgehead atoms. The lowest BCUT2D eigenvalue weighted by atomic mass is 10.2. The van der Waals surface area contributed by atoms with Gasteiger partial charge in [-0.1, -0.05) is 0 Å². The van der Waals surface area contributed by atoms with E-state index < -0.39 is 0 Å². The third kappa shape index (κ3) is 4.16. The Balaban J connectivity index is 2.53. The Bertz CT molecular complexity index is 393. The molecule has 1 rings (SSSR count). The number of ether oxygens (including phenoxy) is 3. The summed E-state index contributed by atoms with van der Waals surface area (Å²) in [6.07, 6.45) is 0.322. The lowest BCUT2D eigenvalue weighted by molar-refractivity contribution is -0.142. The summed E-state index contributed by atoms with van der Waals surface area (Å²) in [4.78, 5) is 11.2. The largest absolute Gasteiger partial charge is 0.497 e. The van der Waals surface area contributed by atoms with Crippen LogP contribution in [0.5, 0.6) is 11.5 Å². The molecule has 18 heavy (non-hydrogen) atoms. The minimum absolute atomic E-state index is 0.211. The highest BCUT2D eigenvalue weighted by Gasteiger charge is 2.06. The summed E-state index contributed by atoms with van der Waals surface area (Å²) in [6.45, 7) is 2.70. The number of methoxy groups -OCH3 is 2. The highest BCUT2D eigenvalue weighted by Crippen LogP contribution is 2.28. The Morgan fingerprint density at radius 3 is 2.67 bits per heavy atom. The summed E-state index contributed by atoms with van der Waals surface area (Å²) in [5.74, 6) is 1.19. The molecule has 0 unspecified atom stereocenters. The fraction of sp³-hybridized carbons (Fsp3) is 0.462. The predicted molar refractivity (Wildman–Crippen MR) is 69.3 cm³/mol. The molecule has 0 aliphatic rings. The van der Waals surface area contributed by atoms with Gasteiger partial charge in [-0.3, -0.25) is 4.79 Å². The SMILES string of the molecule is CCOC(=O)CCNc1ccc(OC)cc1OC. The monoisotopic (exact) mass is 253 g/mol. The number of rotatable bonds is 7. The second kappa shape index (κ2) is 7.42. The number of carbonyl (C=O) groups excluding carboxylic acids is 1. The summed E-state index contributed by atoms with van der Waals surface area (Å²) in [5, 5.41) is 3.12. The Morgan fingerprint density at radius 1 is 1.28 bits per heavy atom. The van der Waals surface area contributed by atoms with Crippen LogP contribution in [0.1, 0.15) is 13.3 Å². The number of benzene rings is 1. The van der Waals surface area contributed by atoms with Crippen LogP contribution in [-0.2, 0) is 9.53 Å². The van der Waals surface area contributed by atoms with Gasteiger partial charge in [0.15, 0.2) is 0 Å². The van der Waals surface area contributed by atoms with E-state index in [0.717, 1.165) is 11.4 Å². The standard InChI is InChI=1S/C13H19NO4/c1-4-18-13(15)7-8-14-11-6-5-10(16-2)9-12(11)17-3/h5-6,9,14H,4,7-8H2,1-3H3. The maximum Gasteiger partial charge on any atom is 0.307 e. The van der Waals surface area contributed by atoms with Gasteiger partial charge >= 0.3 is 5.97 Å². The lowest BCUT2D eigenvalue weighted by Crippen LogP contribution is -2.11. The van der Waals surface area contributed by atoms with Crippen LogP contribution in [0.4, 0.5) is 5.69 Å². The highest BCUT2D eigenvalue weighted by atomic mass is 16.5. The number of nitrogens with one attached hydrogen (secondary N) is 1. The van der Waals surface area contributed by atoms with Crippen molar-refractivity contribution in [2.75, 3.05) is 32.7 Å². The fourth-order valence-corrected chi connectivity index (χ4v) is 1.48. The predicted octanol–water partition coefficient (Wildman–Crippen LogP) is 2.07. The number of hydrogen-bond donors (Lipinski definition) is 1. The number of hydrogen-bond acceptors (Lipinski definition) is 5. The van der Waals surface area contributed by atoms with Crippen LogP contribution in [0.25, 0.3) is 0 Å². The molecule has 100 valence electrons. The normalized spacial score (nSPS) is 9.72. The van der Waals surface area contributed by atoms with Crippen LogP contribution in [0.15, 0.2) is 18.2 Å². The minimum Gasteiger partial charge on any atom is -0.497 e. The summed E-state index contributed by atoms with van der Waals surface area (Å²) in [5.41, 5.74) is 0.822. The molecule has 0 spiro atoms. The molecule has 5 heteroatoms. The number of anilines is 1. The smallest absolute Gasteiger partial charge is 0.307 e. The van der Waals surface area contributed by atoms with Gasteiger partial charge in [0.05, 0.1) is 32.9 Å². The first-order valence-electron chi connectivity index (χ1n) is 5.82. The van der Waals surface area contributed by atoms with E-state index in [2.05, 4.69) is 5.32 Å². The van der Waals surface area contributed by atoms with Crippen molar-refractivity contribution in [3.63, 3.8) is 0 Å². The van der Waals surface area contributed by atoms with Crippen molar-refractivity contribution in [3.05, 3.63) is 18.2 Å². The van der Waals surface area contributed by atoms with E-state index in [9.17, 15) is 4.79 Å². The van der Waals surface area contributed by atoms with Crippen LogP contribution < -0.4 is 14.8 Å². The molecule has 0 aliphatic carbocycles. The van der Waals surface area contributed by atoms with Gasteiger partial charge in [0.25, 0.3) is 0 Å². The second-order valence-corrected chi connectivity index (χ2v) is 3.55. The van der Waals surface area contributed by atoms with E-state index in [-0.39, 0.29) is 5.97 Å². The first-order chi connectivity index (χ1) is 8.71. The van der Waals surface area contributed by atoms with Crippen LogP contribution in [-0.4, -0.2) is 33.3 Å². The van der Waals surface area contributed by atoms with Gasteiger partial charge in [-0.2, -0.15) is 0 Å². The second-order valence-electron chi connectivity index (χ2n) is 3.55. The average Bonchev–Trinajstić information content (AvgIpc) is 2.39. The Kier molecular flexibility index (Phi) is 5.84. The topological polar surface area (TPSA) is 56.8 Å². The zero-order valence-corrected chi connectivity index (χ0v) is 11.0. The van der Waals surface area contributed by atoms with E-state index in [1.165, 1.54) is 0 Å². The maximum atomic E-state index is 11.2. The molecule has 0 saturated heterocycles. The van der Waals surface area contributed by atoms with Crippen LogP contribution >= 0.6 is 0 Å². The average molecular weight is 253 g/mol. The number of carbonyl (C=O) groups is 1. The van der Waals surface area contributed by atoms with Crippen molar-refractivity contribution in [1.29, 1.82) is 0 Å². The van der Waals surface area contributed by atoms with E-state index >= 15 is 0 Å². The molecular weight excluding hydrogens is 234 g/mol. The summed E-state index contributed by atoms with van der Waals surface area (Å²) in [6, 6.07) is 5.46. The highest BCUT2D eigenvalue weighted by molar-refractivity contribution is 5.70. The molecule has 0 aliphatic heterocycles. The molecular formula is C13H19NO4. The molecule has 0 fully saturated rings. The zero-order chi connectivity index (χ0) is 13.4. The molecule has 1 aromatic rings. The molecule has 0 atom stereocenters. The molecule has 0 heterocycles. The van der Waals surface area contributed by atoms with Crippen molar-refractivity contribution in [2.24, 2.45) is 0 Å². The third-order valence-electron chi connectivity index (χ3n) is 2.36. The maximum absolute atomic E-state index is 11.2. The quantitative estimate of drug-likeness (QED) is 0.754. The van der Waals surface area contributed by atoms with Gasteiger partial charge in [0.1, 0.15) is 11.5 Å². The molecule has 1 N–H and O–H groups in total. The molecule has 0 amide bonds. The van der Waals surface area contributed by atoms with Gasteiger partial charge < -0.3 is 19.5 Å². The van der Waals surface area contributed by atoms with Crippen molar-refractivity contribution in [2.45, 2.75) is 13.3 Å². The van der Waals surface area contributed by atoms with Gasteiger partial charge in [0, 0.05) is 12.6 Å². The fourth-order valence-electron chi connectivity index (χ4n) is 1.48. The van der Waals surface area contributed by atoms with Crippen LogP contribution in [0, 0.1) is 0 Å². The van der Waals surface area contributed by atoms with E-state index in [1.807, 2.05) is 12.1 Å². The van der Waals surface area contributed by atoms with Crippen molar-refractivity contribution in [3.8, 4) is 11.5 Å². The van der Waals surface area contributed by atoms with Crippen molar-refractivity contribution < 1.29 is 19.0 Å². The molecule has 0 saturated carbocycles. The Hall–Kier alpha value is -1.91. The van der Waals surface area contributed by atoms with Gasteiger partial charge in [-0.25, -0.2) is 0 Å². The zero-order valence-electron chi connectivity index (χ0n) is 11.0. The first-order valence-corrected chi connectivity index (χ1v) is 5.82. The Labute approximate surface area is 107 Å². The van der Waals surface area contributed by atoms with Crippen LogP contribution in [0.2, 0.25) is 0 Å². The molecule has 0 radical (unpaired) electrons. The van der Waals surface area contributed by atoms with Gasteiger partial charge in [-0.05, 0) is 19.1 Å². The summed E-state index contributed by atoms with van der Waals surface area (Å²) >= 11 is 0. The minimum atomic E-state index is -0.211. The van der Waals surface area contributed by atoms with E-state index in [0.29, 0.717) is 25.3 Å². The van der Waals surface area contributed by atoms with E-state index in [4.69, 9.17) is 14.2 Å². The number of esters is 1. The van der Waals surface area contributed by atoms with Crippen molar-refractivity contribution in [1.82, 2.24) is 0 Å². The van der Waals surface area contributed by atoms with Crippen molar-refractivity contribution >= 4 is 11.7 Å². The summed E-state index contributed by atoms with van der Waals surface area (Å²) < 4.78 is 15.2. The molecule has 5 nitrogen and oxygen atoms in total. The third-order valence-corrected chi connectivity index (χ3v) is 2.36. The van der Waals surface area contributed by atoms with Crippen LogP contribution in [0.3, 0.4) is 0 Å². The lowest BCUT2D eigenvalue weighted by Gasteiger charge is -2.12. The van der Waals surface area contributed by atoms with Gasteiger partial charge in [-0.15, -0.1) is 0 Å². The van der Waals surface area contributed by atoms with E-state index in [1.54, 1.807) is 27.2 Å². The van der Waals surface area contributed by atoms with Gasteiger partial charge in [0.2, 0.25) is 0 Å². The first kappa shape index (κ1) is 14.2. The molecule has 1 aromatic carbocycles. The molecule has 0 aromatic heterocycles.